The van der Waals surface area contributed by atoms with E-state index in [1.807, 2.05) is 7.05 Å². The lowest BCUT2D eigenvalue weighted by Crippen LogP contribution is -2.42. The van der Waals surface area contributed by atoms with Crippen molar-refractivity contribution in [1.29, 1.82) is 0 Å². The standard InChI is InChI=1S/C18H34N4/c1-19-17(20-11-5-16-6-12-21(2)13-7-16)22-14-10-18(15-22)8-3-4-9-18/h16H,3-15H2,1-2H3,(H,19,20). The van der Waals surface area contributed by atoms with Crippen molar-refractivity contribution >= 4 is 5.96 Å². The van der Waals surface area contributed by atoms with Gasteiger partial charge in [-0.15, -0.1) is 0 Å². The van der Waals surface area contributed by atoms with Gasteiger partial charge in [0.15, 0.2) is 5.96 Å². The second kappa shape index (κ2) is 7.20. The van der Waals surface area contributed by atoms with Crippen molar-refractivity contribution in [1.82, 2.24) is 15.1 Å². The summed E-state index contributed by atoms with van der Waals surface area (Å²) in [5.41, 5.74) is 0.631. The molecule has 0 atom stereocenters. The third-order valence-corrected chi connectivity index (χ3v) is 6.29. The van der Waals surface area contributed by atoms with Crippen LogP contribution in [0, 0.1) is 11.3 Å². The Morgan fingerprint density at radius 2 is 1.86 bits per heavy atom. The monoisotopic (exact) mass is 306 g/mol. The van der Waals surface area contributed by atoms with E-state index >= 15 is 0 Å². The molecule has 0 aromatic rings. The minimum atomic E-state index is 0.631. The van der Waals surface area contributed by atoms with Crippen molar-refractivity contribution in [3.63, 3.8) is 0 Å². The maximum absolute atomic E-state index is 4.54. The highest BCUT2D eigenvalue weighted by Gasteiger charge is 2.41. The zero-order valence-electron chi connectivity index (χ0n) is 14.6. The van der Waals surface area contributed by atoms with Gasteiger partial charge in [0, 0.05) is 26.7 Å². The Morgan fingerprint density at radius 3 is 2.55 bits per heavy atom. The summed E-state index contributed by atoms with van der Waals surface area (Å²) in [6, 6.07) is 0. The molecule has 1 saturated carbocycles. The maximum Gasteiger partial charge on any atom is 0.193 e. The Kier molecular flexibility index (Phi) is 5.27. The Morgan fingerprint density at radius 1 is 1.14 bits per heavy atom. The summed E-state index contributed by atoms with van der Waals surface area (Å²) < 4.78 is 0. The third kappa shape index (κ3) is 3.76. The van der Waals surface area contributed by atoms with Crippen LogP contribution in [0.2, 0.25) is 0 Å². The fraction of sp³-hybridized carbons (Fsp3) is 0.944. The average molecular weight is 306 g/mol. The molecule has 22 heavy (non-hydrogen) atoms. The zero-order valence-corrected chi connectivity index (χ0v) is 14.6. The number of nitrogens with one attached hydrogen (secondary N) is 1. The lowest BCUT2D eigenvalue weighted by Gasteiger charge is -2.30. The SMILES string of the molecule is CN=C(NCCC1CCN(C)CC1)N1CCC2(CCCC2)C1. The van der Waals surface area contributed by atoms with Crippen LogP contribution in [-0.2, 0) is 0 Å². The lowest BCUT2D eigenvalue weighted by molar-refractivity contribution is 0.212. The van der Waals surface area contributed by atoms with Crippen molar-refractivity contribution in [3.8, 4) is 0 Å². The molecule has 126 valence electrons. The maximum atomic E-state index is 4.54. The van der Waals surface area contributed by atoms with Crippen LogP contribution >= 0.6 is 0 Å². The number of likely N-dealkylation sites (tertiary alicyclic amines) is 2. The first-order chi connectivity index (χ1) is 10.7. The molecule has 1 aliphatic carbocycles. The Bertz CT molecular complexity index is 379. The van der Waals surface area contributed by atoms with Gasteiger partial charge in [0.05, 0.1) is 0 Å². The van der Waals surface area contributed by atoms with Gasteiger partial charge in [-0.2, -0.15) is 0 Å². The highest BCUT2D eigenvalue weighted by atomic mass is 15.3. The van der Waals surface area contributed by atoms with Gasteiger partial charge in [-0.05, 0) is 70.0 Å². The van der Waals surface area contributed by atoms with Crippen molar-refractivity contribution in [2.24, 2.45) is 16.3 Å². The van der Waals surface area contributed by atoms with E-state index in [1.54, 1.807) is 0 Å². The van der Waals surface area contributed by atoms with E-state index in [2.05, 4.69) is 27.2 Å². The normalized spacial score (nSPS) is 27.0. The van der Waals surface area contributed by atoms with Crippen molar-refractivity contribution in [2.45, 2.75) is 51.4 Å². The van der Waals surface area contributed by atoms with Crippen LogP contribution in [0.5, 0.6) is 0 Å². The fourth-order valence-electron chi connectivity index (χ4n) is 4.72. The number of hydrogen-bond donors (Lipinski definition) is 1. The predicted octanol–water partition coefficient (Wildman–Crippen LogP) is 2.56. The van der Waals surface area contributed by atoms with Crippen LogP contribution in [-0.4, -0.2) is 62.6 Å². The van der Waals surface area contributed by atoms with Gasteiger partial charge in [-0.1, -0.05) is 12.8 Å². The fourth-order valence-corrected chi connectivity index (χ4v) is 4.72. The first-order valence-corrected chi connectivity index (χ1v) is 9.35. The number of rotatable bonds is 3. The molecule has 0 bridgehead atoms. The summed E-state index contributed by atoms with van der Waals surface area (Å²) in [6.45, 7) is 6.07. The Balaban J connectivity index is 1.41. The van der Waals surface area contributed by atoms with Gasteiger partial charge in [0.25, 0.3) is 0 Å². The van der Waals surface area contributed by atoms with Gasteiger partial charge in [0.1, 0.15) is 0 Å². The molecule has 0 aromatic carbocycles. The highest BCUT2D eigenvalue weighted by molar-refractivity contribution is 5.80. The molecule has 2 saturated heterocycles. The molecular weight excluding hydrogens is 272 g/mol. The quantitative estimate of drug-likeness (QED) is 0.642. The topological polar surface area (TPSA) is 30.9 Å². The van der Waals surface area contributed by atoms with Crippen LogP contribution in [0.15, 0.2) is 4.99 Å². The summed E-state index contributed by atoms with van der Waals surface area (Å²) in [7, 11) is 4.18. The van der Waals surface area contributed by atoms with E-state index < -0.39 is 0 Å². The molecule has 2 heterocycles. The second-order valence-corrected chi connectivity index (χ2v) is 7.89. The highest BCUT2D eigenvalue weighted by Crippen LogP contribution is 2.45. The van der Waals surface area contributed by atoms with Crippen molar-refractivity contribution in [2.75, 3.05) is 46.8 Å². The first kappa shape index (κ1) is 16.1. The van der Waals surface area contributed by atoms with E-state index in [1.165, 1.54) is 77.5 Å². The van der Waals surface area contributed by atoms with E-state index in [0.29, 0.717) is 5.41 Å². The summed E-state index contributed by atoms with van der Waals surface area (Å²) in [4.78, 5) is 9.51. The largest absolute Gasteiger partial charge is 0.356 e. The van der Waals surface area contributed by atoms with Crippen LogP contribution in [0.3, 0.4) is 0 Å². The predicted molar refractivity (Wildman–Crippen MR) is 93.3 cm³/mol. The average Bonchev–Trinajstić information content (AvgIpc) is 3.16. The molecule has 3 rings (SSSR count). The van der Waals surface area contributed by atoms with E-state index in [-0.39, 0.29) is 0 Å². The molecular formula is C18H34N4. The molecule has 1 spiro atoms. The molecule has 0 unspecified atom stereocenters. The lowest BCUT2D eigenvalue weighted by atomic mass is 9.86. The number of piperidine rings is 1. The molecule has 3 fully saturated rings. The summed E-state index contributed by atoms with van der Waals surface area (Å²) >= 11 is 0. The van der Waals surface area contributed by atoms with Crippen LogP contribution in [0.1, 0.15) is 51.4 Å². The third-order valence-electron chi connectivity index (χ3n) is 6.29. The number of aliphatic imine (C=N–C) groups is 1. The van der Waals surface area contributed by atoms with Gasteiger partial charge in [0.2, 0.25) is 0 Å². The van der Waals surface area contributed by atoms with E-state index in [4.69, 9.17) is 0 Å². The molecule has 0 amide bonds. The number of hydrogen-bond acceptors (Lipinski definition) is 2. The van der Waals surface area contributed by atoms with Crippen LogP contribution in [0.4, 0.5) is 0 Å². The summed E-state index contributed by atoms with van der Waals surface area (Å²) in [6.07, 6.45) is 11.2. The molecule has 2 aliphatic heterocycles. The van der Waals surface area contributed by atoms with E-state index in [0.717, 1.165) is 18.4 Å². The molecule has 0 radical (unpaired) electrons. The van der Waals surface area contributed by atoms with Gasteiger partial charge < -0.3 is 15.1 Å². The van der Waals surface area contributed by atoms with Crippen LogP contribution < -0.4 is 5.32 Å². The van der Waals surface area contributed by atoms with E-state index in [9.17, 15) is 0 Å². The first-order valence-electron chi connectivity index (χ1n) is 9.35. The zero-order chi connectivity index (χ0) is 15.4. The molecule has 1 N–H and O–H groups in total. The van der Waals surface area contributed by atoms with Crippen molar-refractivity contribution < 1.29 is 0 Å². The summed E-state index contributed by atoms with van der Waals surface area (Å²) in [5.74, 6) is 2.05. The molecule has 4 nitrogen and oxygen atoms in total. The number of guanidine groups is 1. The minimum Gasteiger partial charge on any atom is -0.356 e. The molecule has 3 aliphatic rings. The van der Waals surface area contributed by atoms with Gasteiger partial charge >= 0.3 is 0 Å². The van der Waals surface area contributed by atoms with Gasteiger partial charge in [-0.3, -0.25) is 4.99 Å². The smallest absolute Gasteiger partial charge is 0.193 e. The van der Waals surface area contributed by atoms with Crippen LogP contribution in [0.25, 0.3) is 0 Å². The number of nitrogens with zero attached hydrogens (tertiary/aromatic N) is 3. The Hall–Kier alpha value is -0.770. The van der Waals surface area contributed by atoms with Crippen molar-refractivity contribution in [3.05, 3.63) is 0 Å². The molecule has 4 heteroatoms. The minimum absolute atomic E-state index is 0.631. The second-order valence-electron chi connectivity index (χ2n) is 7.89. The Labute approximate surface area is 136 Å². The van der Waals surface area contributed by atoms with Gasteiger partial charge in [-0.25, -0.2) is 0 Å². The molecule has 0 aromatic heterocycles. The summed E-state index contributed by atoms with van der Waals surface area (Å²) in [5, 5.41) is 3.64.